The summed E-state index contributed by atoms with van der Waals surface area (Å²) in [4.78, 5) is 27.7. The monoisotopic (exact) mass is 297 g/mol. The van der Waals surface area contributed by atoms with Crippen LogP contribution in [0.3, 0.4) is 0 Å². The predicted molar refractivity (Wildman–Crippen MR) is 85.0 cm³/mol. The molecule has 0 radical (unpaired) electrons. The molecule has 5 heteroatoms. The molecular formula is C16H31N3O2. The van der Waals surface area contributed by atoms with Crippen molar-refractivity contribution in [2.24, 2.45) is 5.41 Å². The minimum Gasteiger partial charge on any atom is -0.332 e. The van der Waals surface area contributed by atoms with Gasteiger partial charge in [0.1, 0.15) is 0 Å². The molecule has 0 bridgehead atoms. The Hall–Kier alpha value is -1.10. The van der Waals surface area contributed by atoms with Crippen molar-refractivity contribution in [2.75, 3.05) is 32.7 Å². The second-order valence-electron chi connectivity index (χ2n) is 6.96. The van der Waals surface area contributed by atoms with Crippen LogP contribution in [0.15, 0.2) is 0 Å². The molecule has 122 valence electrons. The average Bonchev–Trinajstić information content (AvgIpc) is 2.38. The van der Waals surface area contributed by atoms with Crippen LogP contribution in [0.5, 0.6) is 0 Å². The van der Waals surface area contributed by atoms with E-state index in [0.717, 1.165) is 19.4 Å². The van der Waals surface area contributed by atoms with Gasteiger partial charge in [0.25, 0.3) is 0 Å². The third-order valence-corrected chi connectivity index (χ3v) is 3.94. The number of nitrogens with zero attached hydrogens (tertiary/aromatic N) is 2. The Labute approximate surface area is 129 Å². The molecule has 0 spiro atoms. The molecule has 21 heavy (non-hydrogen) atoms. The highest BCUT2D eigenvalue weighted by Gasteiger charge is 2.33. The van der Waals surface area contributed by atoms with E-state index in [1.54, 1.807) is 9.80 Å². The van der Waals surface area contributed by atoms with Gasteiger partial charge in [-0.15, -0.1) is 0 Å². The first-order chi connectivity index (χ1) is 9.79. The van der Waals surface area contributed by atoms with Crippen molar-refractivity contribution in [3.63, 3.8) is 0 Å². The first-order valence-electron chi connectivity index (χ1n) is 8.08. The summed E-state index contributed by atoms with van der Waals surface area (Å²) in [6.45, 7) is 13.3. The predicted octanol–water partition coefficient (Wildman–Crippen LogP) is 1.48. The number of carbonyl (C=O) groups is 2. The van der Waals surface area contributed by atoms with E-state index in [2.05, 4.69) is 33.0 Å². The summed E-state index contributed by atoms with van der Waals surface area (Å²) in [5.41, 5.74) is 0.0546. The van der Waals surface area contributed by atoms with Crippen molar-refractivity contribution in [3.8, 4) is 0 Å². The lowest BCUT2D eigenvalue weighted by Crippen LogP contribution is -2.58. The SMILES string of the molecule is CCCNC(CN1CC(=O)N(CCC)CC1=O)C(C)(C)C. The molecule has 1 atom stereocenters. The van der Waals surface area contributed by atoms with Crippen LogP contribution in [0.4, 0.5) is 0 Å². The first kappa shape index (κ1) is 18.0. The van der Waals surface area contributed by atoms with Crippen LogP contribution in [0.25, 0.3) is 0 Å². The summed E-state index contributed by atoms with van der Waals surface area (Å²) >= 11 is 0. The van der Waals surface area contributed by atoms with E-state index < -0.39 is 0 Å². The molecule has 0 aromatic rings. The van der Waals surface area contributed by atoms with E-state index in [9.17, 15) is 9.59 Å². The minimum absolute atomic E-state index is 0.0546. The zero-order valence-corrected chi connectivity index (χ0v) is 14.2. The molecule has 1 aliphatic heterocycles. The zero-order chi connectivity index (χ0) is 16.0. The summed E-state index contributed by atoms with van der Waals surface area (Å²) < 4.78 is 0. The molecule has 0 saturated carbocycles. The van der Waals surface area contributed by atoms with Crippen molar-refractivity contribution in [3.05, 3.63) is 0 Å². The Bertz CT molecular complexity index is 363. The highest BCUT2D eigenvalue weighted by Crippen LogP contribution is 2.21. The summed E-state index contributed by atoms with van der Waals surface area (Å²) in [5.74, 6) is 0.134. The molecule has 1 aliphatic rings. The Balaban J connectivity index is 2.67. The van der Waals surface area contributed by atoms with Crippen LogP contribution >= 0.6 is 0 Å². The summed E-state index contributed by atoms with van der Waals surface area (Å²) in [7, 11) is 0. The van der Waals surface area contributed by atoms with Gasteiger partial charge < -0.3 is 15.1 Å². The van der Waals surface area contributed by atoms with E-state index in [4.69, 9.17) is 0 Å². The van der Waals surface area contributed by atoms with Crippen molar-refractivity contribution < 1.29 is 9.59 Å². The molecular weight excluding hydrogens is 266 g/mol. The van der Waals surface area contributed by atoms with Crippen LogP contribution in [-0.2, 0) is 9.59 Å². The molecule has 1 saturated heterocycles. The molecule has 5 nitrogen and oxygen atoms in total. The van der Waals surface area contributed by atoms with Crippen LogP contribution < -0.4 is 5.32 Å². The van der Waals surface area contributed by atoms with Crippen molar-refractivity contribution in [1.29, 1.82) is 0 Å². The van der Waals surface area contributed by atoms with E-state index in [0.29, 0.717) is 13.1 Å². The molecule has 0 aliphatic carbocycles. The van der Waals surface area contributed by atoms with Gasteiger partial charge in [0, 0.05) is 19.1 Å². The molecule has 1 fully saturated rings. The van der Waals surface area contributed by atoms with Gasteiger partial charge in [-0.3, -0.25) is 9.59 Å². The van der Waals surface area contributed by atoms with Gasteiger partial charge in [0.15, 0.2) is 0 Å². The molecule has 1 unspecified atom stereocenters. The second-order valence-corrected chi connectivity index (χ2v) is 6.96. The van der Waals surface area contributed by atoms with Gasteiger partial charge in [-0.25, -0.2) is 0 Å². The maximum atomic E-state index is 12.3. The van der Waals surface area contributed by atoms with Crippen molar-refractivity contribution in [2.45, 2.75) is 53.5 Å². The first-order valence-corrected chi connectivity index (χ1v) is 8.08. The maximum Gasteiger partial charge on any atom is 0.242 e. The largest absolute Gasteiger partial charge is 0.332 e. The standard InChI is InChI=1S/C16H31N3O2/c1-6-8-17-13(16(3,4)5)10-19-12-14(20)18(9-7-2)11-15(19)21/h13,17H,6-12H2,1-5H3. The van der Waals surface area contributed by atoms with Gasteiger partial charge in [-0.1, -0.05) is 34.6 Å². The van der Waals surface area contributed by atoms with Crippen LogP contribution in [0.2, 0.25) is 0 Å². The number of amides is 2. The Kier molecular flexibility index (Phi) is 6.65. The Morgan fingerprint density at radius 1 is 1.05 bits per heavy atom. The van der Waals surface area contributed by atoms with Gasteiger partial charge in [-0.05, 0) is 24.8 Å². The quantitative estimate of drug-likeness (QED) is 0.774. The molecule has 1 rings (SSSR count). The fraction of sp³-hybridized carbons (Fsp3) is 0.875. The van der Waals surface area contributed by atoms with Gasteiger partial charge in [-0.2, -0.15) is 0 Å². The van der Waals surface area contributed by atoms with Crippen molar-refractivity contribution >= 4 is 11.8 Å². The summed E-state index contributed by atoms with van der Waals surface area (Å²) in [5, 5.41) is 3.51. The van der Waals surface area contributed by atoms with Gasteiger partial charge in [0.2, 0.25) is 11.8 Å². The fourth-order valence-electron chi connectivity index (χ4n) is 2.53. The van der Waals surface area contributed by atoms with Gasteiger partial charge in [0.05, 0.1) is 13.1 Å². The number of hydrogen-bond acceptors (Lipinski definition) is 3. The Morgan fingerprint density at radius 3 is 2.14 bits per heavy atom. The normalized spacial score (nSPS) is 18.3. The Morgan fingerprint density at radius 2 is 1.62 bits per heavy atom. The number of piperazine rings is 1. The molecule has 0 aromatic heterocycles. The number of hydrogen-bond donors (Lipinski definition) is 1. The zero-order valence-electron chi connectivity index (χ0n) is 14.2. The molecule has 1 heterocycles. The van der Waals surface area contributed by atoms with Crippen molar-refractivity contribution in [1.82, 2.24) is 15.1 Å². The smallest absolute Gasteiger partial charge is 0.242 e. The average molecular weight is 297 g/mol. The van der Waals surface area contributed by atoms with E-state index >= 15 is 0 Å². The molecule has 2 amide bonds. The number of carbonyl (C=O) groups excluding carboxylic acids is 2. The lowest BCUT2D eigenvalue weighted by molar-refractivity contribution is -0.150. The van der Waals surface area contributed by atoms with Crippen LogP contribution in [-0.4, -0.2) is 60.4 Å². The molecule has 0 aromatic carbocycles. The number of rotatable bonds is 7. The summed E-state index contributed by atoms with van der Waals surface area (Å²) in [6.07, 6.45) is 1.95. The molecule has 1 N–H and O–H groups in total. The maximum absolute atomic E-state index is 12.3. The van der Waals surface area contributed by atoms with E-state index in [-0.39, 0.29) is 36.4 Å². The highest BCUT2D eigenvalue weighted by molar-refractivity contribution is 5.92. The van der Waals surface area contributed by atoms with Crippen LogP contribution in [0, 0.1) is 5.41 Å². The topological polar surface area (TPSA) is 52.7 Å². The highest BCUT2D eigenvalue weighted by atomic mass is 16.2. The lowest BCUT2D eigenvalue weighted by Gasteiger charge is -2.39. The number of nitrogens with one attached hydrogen (secondary N) is 1. The summed E-state index contributed by atoms with van der Waals surface area (Å²) in [6, 6.07) is 0.201. The van der Waals surface area contributed by atoms with E-state index in [1.165, 1.54) is 0 Å². The van der Waals surface area contributed by atoms with Gasteiger partial charge >= 0.3 is 0 Å². The lowest BCUT2D eigenvalue weighted by atomic mass is 9.86. The second kappa shape index (κ2) is 7.78. The van der Waals surface area contributed by atoms with Crippen LogP contribution in [0.1, 0.15) is 47.5 Å². The minimum atomic E-state index is 0.0546. The third kappa shape index (κ3) is 5.30. The fourth-order valence-corrected chi connectivity index (χ4v) is 2.53. The third-order valence-electron chi connectivity index (χ3n) is 3.94. The van der Waals surface area contributed by atoms with E-state index in [1.807, 2.05) is 6.92 Å².